The van der Waals surface area contributed by atoms with Gasteiger partial charge in [-0.25, -0.2) is 4.98 Å². The molecule has 0 unspecified atom stereocenters. The molecule has 0 saturated heterocycles. The minimum absolute atomic E-state index is 0.124. The molecule has 38 heavy (non-hydrogen) atoms. The summed E-state index contributed by atoms with van der Waals surface area (Å²) in [6.45, 7) is 5.11. The van der Waals surface area contributed by atoms with Gasteiger partial charge in [-0.1, -0.05) is 13.0 Å². The number of amides is 1. The topological polar surface area (TPSA) is 130 Å². The maximum atomic E-state index is 13.6. The molecule has 3 atom stereocenters. The monoisotopic (exact) mass is 542 g/mol. The lowest BCUT2D eigenvalue weighted by molar-refractivity contribution is 0.0344. The van der Waals surface area contributed by atoms with E-state index in [9.17, 15) is 18.3 Å². The SMILES string of the molecule is C[C@H]1CN([C@@H](C)CO)C(=O)c2cccc(NS(=O)(=O)c3cn(C)cn3)c2O[C@H]1CN(C)Cc1ccncc1. The highest BCUT2D eigenvalue weighted by molar-refractivity contribution is 7.92. The third kappa shape index (κ3) is 6.14. The Kier molecular flexibility index (Phi) is 8.34. The van der Waals surface area contributed by atoms with Crippen LogP contribution in [-0.2, 0) is 23.6 Å². The fourth-order valence-electron chi connectivity index (χ4n) is 4.44. The molecule has 3 heterocycles. The standard InChI is InChI=1S/C26H34N6O5S/c1-18-12-32(19(2)16-33)26(34)21-6-5-7-22(29-38(35,36)24-15-31(4)17-28-24)25(21)37-23(18)14-30(3)13-20-8-10-27-11-9-20/h5-11,15,17-19,23,29,33H,12-14,16H2,1-4H3/t18-,19-,23-/m0/s1. The van der Waals surface area contributed by atoms with Crippen LogP contribution in [0.4, 0.5) is 5.69 Å². The van der Waals surface area contributed by atoms with E-state index < -0.39 is 16.1 Å². The van der Waals surface area contributed by atoms with Gasteiger partial charge in [0.05, 0.1) is 30.2 Å². The molecule has 2 N–H and O–H groups in total. The summed E-state index contributed by atoms with van der Waals surface area (Å²) in [6.07, 6.45) is 5.89. The van der Waals surface area contributed by atoms with Crippen molar-refractivity contribution in [2.45, 2.75) is 37.6 Å². The zero-order valence-corrected chi connectivity index (χ0v) is 22.8. The van der Waals surface area contributed by atoms with Gasteiger partial charge in [-0.2, -0.15) is 8.42 Å². The largest absolute Gasteiger partial charge is 0.486 e. The number of likely N-dealkylation sites (N-methyl/N-ethyl adjacent to an activating group) is 1. The van der Waals surface area contributed by atoms with Crippen LogP contribution in [0, 0.1) is 5.92 Å². The van der Waals surface area contributed by atoms with E-state index in [1.165, 1.54) is 17.1 Å². The van der Waals surface area contributed by atoms with Gasteiger partial charge in [0.25, 0.3) is 15.9 Å². The Bertz CT molecular complexity index is 1360. The van der Waals surface area contributed by atoms with Crippen LogP contribution in [0.5, 0.6) is 5.75 Å². The second-order valence-electron chi connectivity index (χ2n) is 9.84. The average Bonchev–Trinajstić information content (AvgIpc) is 3.34. The first-order chi connectivity index (χ1) is 18.1. The van der Waals surface area contributed by atoms with Crippen LogP contribution >= 0.6 is 0 Å². The van der Waals surface area contributed by atoms with Gasteiger partial charge in [-0.3, -0.25) is 19.4 Å². The number of aromatic nitrogens is 3. The Labute approximate surface area is 223 Å². The number of aryl methyl sites for hydroxylation is 1. The highest BCUT2D eigenvalue weighted by Gasteiger charge is 2.35. The van der Waals surface area contributed by atoms with Gasteiger partial charge >= 0.3 is 0 Å². The number of rotatable bonds is 9. The third-order valence-electron chi connectivity index (χ3n) is 6.59. The molecule has 1 amide bonds. The van der Waals surface area contributed by atoms with Crippen molar-refractivity contribution in [3.8, 4) is 5.75 Å². The van der Waals surface area contributed by atoms with Gasteiger partial charge in [-0.05, 0) is 43.8 Å². The van der Waals surface area contributed by atoms with Crippen molar-refractivity contribution in [2.75, 3.05) is 31.5 Å². The minimum Gasteiger partial charge on any atom is -0.486 e. The van der Waals surface area contributed by atoms with E-state index in [1.54, 1.807) is 49.5 Å². The van der Waals surface area contributed by atoms with Gasteiger partial charge in [0.15, 0.2) is 10.8 Å². The zero-order valence-electron chi connectivity index (χ0n) is 22.0. The molecule has 12 heteroatoms. The van der Waals surface area contributed by atoms with Gasteiger partial charge < -0.3 is 19.3 Å². The van der Waals surface area contributed by atoms with E-state index in [-0.39, 0.29) is 46.6 Å². The minimum atomic E-state index is -4.04. The molecule has 4 rings (SSSR count). The number of sulfonamides is 1. The lowest BCUT2D eigenvalue weighted by atomic mass is 9.99. The van der Waals surface area contributed by atoms with Crippen LogP contribution in [0.1, 0.15) is 29.8 Å². The maximum Gasteiger partial charge on any atom is 0.281 e. The smallest absolute Gasteiger partial charge is 0.281 e. The van der Waals surface area contributed by atoms with E-state index in [0.717, 1.165) is 5.56 Å². The molecular formula is C26H34N6O5S. The molecule has 0 fully saturated rings. The highest BCUT2D eigenvalue weighted by atomic mass is 32.2. The van der Waals surface area contributed by atoms with Crippen molar-refractivity contribution in [3.63, 3.8) is 0 Å². The lowest BCUT2D eigenvalue weighted by Crippen LogP contribution is -2.49. The summed E-state index contributed by atoms with van der Waals surface area (Å²) in [6, 6.07) is 8.25. The number of anilines is 1. The Morgan fingerprint density at radius 3 is 2.66 bits per heavy atom. The Morgan fingerprint density at radius 1 is 1.26 bits per heavy atom. The average molecular weight is 543 g/mol. The summed E-state index contributed by atoms with van der Waals surface area (Å²) in [5.74, 6) is -0.307. The number of nitrogens with one attached hydrogen (secondary N) is 1. The van der Waals surface area contributed by atoms with Crippen LogP contribution in [0.25, 0.3) is 0 Å². The summed E-state index contributed by atoms with van der Waals surface area (Å²) in [5, 5.41) is 9.73. The molecule has 1 aromatic carbocycles. The van der Waals surface area contributed by atoms with Crippen molar-refractivity contribution < 1.29 is 23.1 Å². The normalized spacial score (nSPS) is 18.9. The molecule has 0 aliphatic carbocycles. The first-order valence-corrected chi connectivity index (χ1v) is 13.9. The number of pyridine rings is 1. The molecule has 2 aromatic heterocycles. The molecule has 0 spiro atoms. The van der Waals surface area contributed by atoms with Crippen molar-refractivity contribution in [1.29, 1.82) is 0 Å². The number of benzene rings is 1. The van der Waals surface area contributed by atoms with E-state index in [4.69, 9.17) is 4.74 Å². The van der Waals surface area contributed by atoms with Crippen LogP contribution in [0.3, 0.4) is 0 Å². The molecular weight excluding hydrogens is 508 g/mol. The summed E-state index contributed by atoms with van der Waals surface area (Å²) in [7, 11) is -0.382. The predicted molar refractivity (Wildman–Crippen MR) is 142 cm³/mol. The molecule has 0 saturated carbocycles. The lowest BCUT2D eigenvalue weighted by Gasteiger charge is -2.38. The molecule has 0 radical (unpaired) electrons. The molecule has 1 aliphatic heterocycles. The number of nitrogens with zero attached hydrogens (tertiary/aromatic N) is 5. The maximum absolute atomic E-state index is 13.6. The number of carbonyl (C=O) groups is 1. The zero-order chi connectivity index (χ0) is 27.4. The molecule has 3 aromatic rings. The second-order valence-corrected chi connectivity index (χ2v) is 11.5. The van der Waals surface area contributed by atoms with Gasteiger partial charge in [0.2, 0.25) is 0 Å². The number of aliphatic hydroxyl groups excluding tert-OH is 1. The third-order valence-corrected chi connectivity index (χ3v) is 7.84. The number of para-hydroxylation sites is 1. The van der Waals surface area contributed by atoms with Crippen molar-refractivity contribution in [3.05, 3.63) is 66.4 Å². The molecule has 0 bridgehead atoms. The highest BCUT2D eigenvalue weighted by Crippen LogP contribution is 2.36. The number of hydrogen-bond acceptors (Lipinski definition) is 8. The van der Waals surface area contributed by atoms with E-state index in [1.807, 2.05) is 26.1 Å². The van der Waals surface area contributed by atoms with Crippen molar-refractivity contribution in [1.82, 2.24) is 24.3 Å². The number of ether oxygens (including phenoxy) is 1. The van der Waals surface area contributed by atoms with Crippen molar-refractivity contribution in [2.24, 2.45) is 13.0 Å². The quantitative estimate of drug-likeness (QED) is 0.420. The first-order valence-electron chi connectivity index (χ1n) is 12.4. The predicted octanol–water partition coefficient (Wildman–Crippen LogP) is 1.97. The summed E-state index contributed by atoms with van der Waals surface area (Å²) < 4.78 is 36.8. The summed E-state index contributed by atoms with van der Waals surface area (Å²) >= 11 is 0. The van der Waals surface area contributed by atoms with Crippen LogP contribution < -0.4 is 9.46 Å². The molecule has 204 valence electrons. The van der Waals surface area contributed by atoms with Crippen LogP contribution in [0.2, 0.25) is 0 Å². The number of carbonyl (C=O) groups excluding carboxylic acids is 1. The van der Waals surface area contributed by atoms with Crippen LogP contribution in [-0.4, -0.2) is 82.7 Å². The van der Waals surface area contributed by atoms with Crippen LogP contribution in [0.15, 0.2) is 60.3 Å². The number of fused-ring (bicyclic) bond motifs is 1. The van der Waals surface area contributed by atoms with E-state index in [0.29, 0.717) is 19.6 Å². The Hall–Kier alpha value is -3.48. The number of imidazole rings is 1. The van der Waals surface area contributed by atoms with Gasteiger partial charge in [-0.15, -0.1) is 0 Å². The second kappa shape index (κ2) is 11.5. The number of hydrogen-bond donors (Lipinski definition) is 2. The summed E-state index contributed by atoms with van der Waals surface area (Å²) in [4.78, 5) is 25.4. The Balaban J connectivity index is 1.71. The molecule has 11 nitrogen and oxygen atoms in total. The van der Waals surface area contributed by atoms with Gasteiger partial charge in [0.1, 0.15) is 6.10 Å². The molecule has 1 aliphatic rings. The van der Waals surface area contributed by atoms with Crippen molar-refractivity contribution >= 4 is 21.6 Å². The first kappa shape index (κ1) is 27.6. The number of aliphatic hydroxyl groups is 1. The fraction of sp³-hybridized carbons (Fsp3) is 0.423. The Morgan fingerprint density at radius 2 is 2.00 bits per heavy atom. The van der Waals surface area contributed by atoms with Gasteiger partial charge in [0, 0.05) is 51.2 Å². The summed E-state index contributed by atoms with van der Waals surface area (Å²) in [5.41, 5.74) is 1.46. The van der Waals surface area contributed by atoms with E-state index in [2.05, 4.69) is 19.6 Å². The van der Waals surface area contributed by atoms with E-state index >= 15 is 0 Å². The fourth-order valence-corrected chi connectivity index (χ4v) is 5.48.